The van der Waals surface area contributed by atoms with Crippen molar-refractivity contribution in [3.05, 3.63) is 64.4 Å². The fourth-order valence-electron chi connectivity index (χ4n) is 2.67. The van der Waals surface area contributed by atoms with Crippen molar-refractivity contribution in [1.82, 2.24) is 14.8 Å². The number of aromatic nitrogens is 3. The molecule has 2 aromatic carbocycles. The van der Waals surface area contributed by atoms with E-state index in [0.29, 0.717) is 33.3 Å². The summed E-state index contributed by atoms with van der Waals surface area (Å²) in [4.78, 5) is 12.2. The van der Waals surface area contributed by atoms with Crippen LogP contribution in [0.4, 0.5) is 5.69 Å². The lowest BCUT2D eigenvalue weighted by Crippen LogP contribution is -2.15. The summed E-state index contributed by atoms with van der Waals surface area (Å²) in [6, 6.07) is 14.4. The van der Waals surface area contributed by atoms with E-state index in [2.05, 4.69) is 15.5 Å². The Balaban J connectivity index is 1.65. The Morgan fingerprint density at radius 1 is 1.21 bits per heavy atom. The molecule has 0 fully saturated rings. The second-order valence-electron chi connectivity index (χ2n) is 6.12. The van der Waals surface area contributed by atoms with E-state index in [1.165, 1.54) is 11.8 Å². The van der Waals surface area contributed by atoms with Crippen molar-refractivity contribution < 1.29 is 9.53 Å². The summed E-state index contributed by atoms with van der Waals surface area (Å²) in [6.07, 6.45) is -0.381. The molecule has 1 N–H and O–H groups in total. The van der Waals surface area contributed by atoms with E-state index in [1.54, 1.807) is 18.2 Å². The standard InChI is InChI=1S/C20H20Cl2N4O2S/c1-3-26-19(13(2)28-17-10-9-14(21)11-16(17)22)24-25-20(26)29-12-18(27)23-15-7-5-4-6-8-15/h4-11,13H,3,12H2,1-2H3,(H,23,27). The van der Waals surface area contributed by atoms with Crippen molar-refractivity contribution in [2.75, 3.05) is 11.1 Å². The van der Waals surface area contributed by atoms with Gasteiger partial charge in [-0.1, -0.05) is 53.2 Å². The van der Waals surface area contributed by atoms with Crippen LogP contribution in [0.2, 0.25) is 10.0 Å². The monoisotopic (exact) mass is 450 g/mol. The summed E-state index contributed by atoms with van der Waals surface area (Å²) in [5.41, 5.74) is 0.762. The summed E-state index contributed by atoms with van der Waals surface area (Å²) in [7, 11) is 0. The molecule has 0 spiro atoms. The molecular formula is C20H20Cl2N4O2S. The quantitative estimate of drug-likeness (QED) is 0.460. The van der Waals surface area contributed by atoms with Gasteiger partial charge in [-0.2, -0.15) is 0 Å². The fourth-order valence-corrected chi connectivity index (χ4v) is 3.93. The van der Waals surface area contributed by atoms with Crippen LogP contribution in [0.1, 0.15) is 25.8 Å². The van der Waals surface area contributed by atoms with Crippen LogP contribution < -0.4 is 10.1 Å². The summed E-state index contributed by atoms with van der Waals surface area (Å²) in [5, 5.41) is 13.0. The van der Waals surface area contributed by atoms with Gasteiger partial charge in [-0.25, -0.2) is 0 Å². The summed E-state index contributed by atoms with van der Waals surface area (Å²) in [6.45, 7) is 4.51. The van der Waals surface area contributed by atoms with Crippen molar-refractivity contribution in [2.45, 2.75) is 31.7 Å². The molecule has 0 aliphatic heterocycles. The average Bonchev–Trinajstić information content (AvgIpc) is 3.12. The highest BCUT2D eigenvalue weighted by Crippen LogP contribution is 2.31. The summed E-state index contributed by atoms with van der Waals surface area (Å²) < 4.78 is 7.87. The molecule has 3 aromatic rings. The molecule has 9 heteroatoms. The van der Waals surface area contributed by atoms with Crippen LogP contribution in [-0.2, 0) is 11.3 Å². The van der Waals surface area contributed by atoms with Crippen LogP contribution in [0.15, 0.2) is 53.7 Å². The third-order valence-corrected chi connectivity index (χ3v) is 5.51. The number of rotatable bonds is 8. The highest BCUT2D eigenvalue weighted by Gasteiger charge is 2.20. The van der Waals surface area contributed by atoms with Crippen LogP contribution in [0.5, 0.6) is 5.75 Å². The number of nitrogens with zero attached hydrogens (tertiary/aromatic N) is 3. The molecule has 1 amide bonds. The number of hydrogen-bond acceptors (Lipinski definition) is 5. The molecule has 0 aliphatic carbocycles. The number of carbonyl (C=O) groups excluding carboxylic acids is 1. The van der Waals surface area contributed by atoms with Crippen molar-refractivity contribution in [1.29, 1.82) is 0 Å². The van der Waals surface area contributed by atoms with Crippen LogP contribution in [0.25, 0.3) is 0 Å². The van der Waals surface area contributed by atoms with Gasteiger partial charge in [0.1, 0.15) is 5.75 Å². The van der Waals surface area contributed by atoms with Gasteiger partial charge < -0.3 is 14.6 Å². The average molecular weight is 451 g/mol. The smallest absolute Gasteiger partial charge is 0.234 e. The van der Waals surface area contributed by atoms with Crippen molar-refractivity contribution in [2.24, 2.45) is 0 Å². The van der Waals surface area contributed by atoms with E-state index in [4.69, 9.17) is 27.9 Å². The normalized spacial score (nSPS) is 11.9. The molecule has 6 nitrogen and oxygen atoms in total. The molecule has 1 heterocycles. The summed E-state index contributed by atoms with van der Waals surface area (Å²) >= 11 is 13.4. The first-order chi connectivity index (χ1) is 14.0. The molecule has 0 saturated carbocycles. The van der Waals surface area contributed by atoms with Crippen molar-refractivity contribution in [3.8, 4) is 5.75 Å². The van der Waals surface area contributed by atoms with Crippen LogP contribution >= 0.6 is 35.0 Å². The molecule has 29 heavy (non-hydrogen) atoms. The minimum atomic E-state index is -0.381. The maximum atomic E-state index is 12.2. The fraction of sp³-hybridized carbons (Fsp3) is 0.250. The predicted molar refractivity (Wildman–Crippen MR) is 117 cm³/mol. The molecule has 0 saturated heterocycles. The Morgan fingerprint density at radius 2 is 1.97 bits per heavy atom. The lowest BCUT2D eigenvalue weighted by molar-refractivity contribution is -0.113. The van der Waals surface area contributed by atoms with Gasteiger partial charge in [0.05, 0.1) is 10.8 Å². The van der Waals surface area contributed by atoms with E-state index in [0.717, 1.165) is 5.69 Å². The zero-order chi connectivity index (χ0) is 20.8. The third-order valence-electron chi connectivity index (χ3n) is 4.01. The number of amides is 1. The molecule has 1 aromatic heterocycles. The largest absolute Gasteiger partial charge is 0.481 e. The van der Waals surface area contributed by atoms with E-state index < -0.39 is 0 Å². The Labute approximate surface area is 183 Å². The first kappa shape index (κ1) is 21.5. The topological polar surface area (TPSA) is 69.0 Å². The van der Waals surface area contributed by atoms with Crippen molar-refractivity contribution >= 4 is 46.6 Å². The van der Waals surface area contributed by atoms with Crippen molar-refractivity contribution in [3.63, 3.8) is 0 Å². The van der Waals surface area contributed by atoms with Gasteiger partial charge in [0.2, 0.25) is 5.91 Å². The predicted octanol–water partition coefficient (Wildman–Crippen LogP) is 5.48. The summed E-state index contributed by atoms with van der Waals surface area (Å²) in [5.74, 6) is 1.30. The number of para-hydroxylation sites is 1. The van der Waals surface area contributed by atoms with E-state index in [9.17, 15) is 4.79 Å². The van der Waals surface area contributed by atoms with E-state index in [1.807, 2.05) is 48.7 Å². The Morgan fingerprint density at radius 3 is 2.66 bits per heavy atom. The third kappa shape index (κ3) is 5.65. The number of anilines is 1. The molecular weight excluding hydrogens is 431 g/mol. The zero-order valence-electron chi connectivity index (χ0n) is 15.9. The minimum absolute atomic E-state index is 0.106. The highest BCUT2D eigenvalue weighted by molar-refractivity contribution is 7.99. The molecule has 0 aliphatic rings. The van der Waals surface area contributed by atoms with E-state index >= 15 is 0 Å². The number of thioether (sulfide) groups is 1. The Bertz CT molecular complexity index is 982. The van der Waals surface area contributed by atoms with Gasteiger partial charge in [0, 0.05) is 17.3 Å². The number of benzene rings is 2. The SMILES string of the molecule is CCn1c(SCC(=O)Nc2ccccc2)nnc1C(C)Oc1ccc(Cl)cc1Cl. The molecule has 3 rings (SSSR count). The second kappa shape index (κ2) is 10.0. The second-order valence-corrected chi connectivity index (χ2v) is 7.91. The molecule has 152 valence electrons. The van der Waals surface area contributed by atoms with Crippen LogP contribution in [0, 0.1) is 0 Å². The van der Waals surface area contributed by atoms with Crippen LogP contribution in [-0.4, -0.2) is 26.4 Å². The lowest BCUT2D eigenvalue weighted by Gasteiger charge is -2.16. The lowest BCUT2D eigenvalue weighted by atomic mass is 10.3. The zero-order valence-corrected chi connectivity index (χ0v) is 18.3. The highest BCUT2D eigenvalue weighted by atomic mass is 35.5. The number of halogens is 2. The maximum absolute atomic E-state index is 12.2. The number of ether oxygens (including phenoxy) is 1. The molecule has 1 atom stereocenters. The maximum Gasteiger partial charge on any atom is 0.234 e. The Kier molecular flexibility index (Phi) is 7.41. The molecule has 1 unspecified atom stereocenters. The Hall–Kier alpha value is -2.22. The first-order valence-electron chi connectivity index (χ1n) is 9.00. The first-order valence-corrected chi connectivity index (χ1v) is 10.7. The van der Waals surface area contributed by atoms with Gasteiger partial charge in [-0.05, 0) is 44.2 Å². The van der Waals surface area contributed by atoms with E-state index in [-0.39, 0.29) is 17.8 Å². The van der Waals surface area contributed by atoms with Crippen LogP contribution in [0.3, 0.4) is 0 Å². The van der Waals surface area contributed by atoms with Gasteiger partial charge >= 0.3 is 0 Å². The number of carbonyl (C=O) groups is 1. The number of hydrogen-bond donors (Lipinski definition) is 1. The minimum Gasteiger partial charge on any atom is -0.481 e. The van der Waals surface area contributed by atoms with Gasteiger partial charge in [0.15, 0.2) is 17.1 Å². The van der Waals surface area contributed by atoms with Gasteiger partial charge in [0.25, 0.3) is 0 Å². The molecule has 0 bridgehead atoms. The molecule has 0 radical (unpaired) electrons. The number of nitrogens with one attached hydrogen (secondary N) is 1. The van der Waals surface area contributed by atoms with Gasteiger partial charge in [-0.3, -0.25) is 4.79 Å². The van der Waals surface area contributed by atoms with Gasteiger partial charge in [-0.15, -0.1) is 10.2 Å².